The van der Waals surface area contributed by atoms with E-state index in [1.54, 1.807) is 10.6 Å². The molecule has 0 atom stereocenters. The zero-order chi connectivity index (χ0) is 22.2. The van der Waals surface area contributed by atoms with Crippen LogP contribution in [0.4, 0.5) is 0 Å². The van der Waals surface area contributed by atoms with Crippen molar-refractivity contribution in [1.82, 2.24) is 14.9 Å². The van der Waals surface area contributed by atoms with Gasteiger partial charge in [0.25, 0.3) is 5.56 Å². The molecule has 5 rings (SSSR count). The predicted octanol–water partition coefficient (Wildman–Crippen LogP) is 5.02. The third kappa shape index (κ3) is 4.28. The molecule has 1 aromatic carbocycles. The van der Waals surface area contributed by atoms with Gasteiger partial charge in [-0.1, -0.05) is 48.2 Å². The molecule has 1 N–H and O–H groups in total. The molecule has 2 saturated carbocycles. The number of nitrogens with zero attached hydrogens (tertiary/aromatic N) is 2. The van der Waals surface area contributed by atoms with Crippen LogP contribution in [0.25, 0.3) is 20.7 Å². The lowest BCUT2D eigenvalue weighted by atomic mass is 10.1. The van der Waals surface area contributed by atoms with Crippen molar-refractivity contribution in [3.05, 3.63) is 58.9 Å². The number of rotatable bonds is 9. The van der Waals surface area contributed by atoms with Gasteiger partial charge >= 0.3 is 0 Å². The summed E-state index contributed by atoms with van der Waals surface area (Å²) in [6, 6.07) is 10.4. The van der Waals surface area contributed by atoms with Crippen LogP contribution in [0.2, 0.25) is 0 Å². The molecule has 2 aliphatic carbocycles. The lowest BCUT2D eigenvalue weighted by Crippen LogP contribution is -2.39. The Balaban J connectivity index is 1.42. The predicted molar refractivity (Wildman–Crippen MR) is 132 cm³/mol. The average molecular weight is 466 g/mol. The number of allylic oxidation sites excluding steroid dienone is 1. The largest absolute Gasteiger partial charge is 0.352 e. The summed E-state index contributed by atoms with van der Waals surface area (Å²) in [5.41, 5.74) is 1.97. The number of thioether (sulfide) groups is 1. The van der Waals surface area contributed by atoms with Gasteiger partial charge in [-0.15, -0.1) is 17.9 Å². The third-order valence-electron chi connectivity index (χ3n) is 6.28. The van der Waals surface area contributed by atoms with E-state index in [9.17, 15) is 9.59 Å². The number of thiophene rings is 1. The normalized spacial score (nSPS) is 15.9. The molecule has 5 nitrogen and oxygen atoms in total. The van der Waals surface area contributed by atoms with E-state index in [2.05, 4.69) is 24.0 Å². The molecule has 0 aliphatic heterocycles. The molecular formula is C25H27N3O2S2. The summed E-state index contributed by atoms with van der Waals surface area (Å²) < 4.78 is 1.64. The molecule has 2 aromatic heterocycles. The molecule has 7 heteroatoms. The van der Waals surface area contributed by atoms with Crippen molar-refractivity contribution in [2.75, 3.05) is 5.75 Å². The smallest absolute Gasteiger partial charge is 0.263 e. The van der Waals surface area contributed by atoms with Gasteiger partial charge in [-0.05, 0) is 55.6 Å². The first-order chi connectivity index (χ1) is 15.6. The van der Waals surface area contributed by atoms with Crippen molar-refractivity contribution in [3.63, 3.8) is 0 Å². The first kappa shape index (κ1) is 21.5. The maximum Gasteiger partial charge on any atom is 0.263 e. The van der Waals surface area contributed by atoms with Crippen LogP contribution in [0.5, 0.6) is 0 Å². The summed E-state index contributed by atoms with van der Waals surface area (Å²) in [6.45, 7) is 6.16. The second-order valence-electron chi connectivity index (χ2n) is 8.76. The zero-order valence-corrected chi connectivity index (χ0v) is 19.8. The molecule has 166 valence electrons. The van der Waals surface area contributed by atoms with Crippen molar-refractivity contribution < 1.29 is 4.79 Å². The van der Waals surface area contributed by atoms with Crippen molar-refractivity contribution in [2.24, 2.45) is 11.8 Å². The molecule has 2 fully saturated rings. The minimum Gasteiger partial charge on any atom is -0.352 e. The number of carbonyl (C=O) groups is 1. The van der Waals surface area contributed by atoms with E-state index in [4.69, 9.17) is 4.98 Å². The Hall–Kier alpha value is -2.38. The van der Waals surface area contributed by atoms with Crippen LogP contribution in [0.1, 0.15) is 31.2 Å². The summed E-state index contributed by atoms with van der Waals surface area (Å²) in [5.74, 6) is 1.62. The summed E-state index contributed by atoms with van der Waals surface area (Å²) in [7, 11) is 0. The first-order valence-electron chi connectivity index (χ1n) is 11.2. The highest BCUT2D eigenvalue weighted by molar-refractivity contribution is 7.99. The van der Waals surface area contributed by atoms with Crippen LogP contribution in [0.3, 0.4) is 0 Å². The Morgan fingerprint density at radius 1 is 1.28 bits per heavy atom. The van der Waals surface area contributed by atoms with Crippen LogP contribution in [-0.4, -0.2) is 27.3 Å². The number of amides is 1. The number of fused-ring (bicyclic) bond motifs is 1. The quantitative estimate of drug-likeness (QED) is 0.274. The highest BCUT2D eigenvalue weighted by Crippen LogP contribution is 2.44. The second-order valence-corrected chi connectivity index (χ2v) is 10.7. The number of hydrogen-bond donors (Lipinski definition) is 1. The highest BCUT2D eigenvalue weighted by atomic mass is 32.2. The van der Waals surface area contributed by atoms with Crippen LogP contribution in [0, 0.1) is 18.8 Å². The second kappa shape index (κ2) is 8.87. The van der Waals surface area contributed by atoms with Crippen molar-refractivity contribution >= 4 is 39.2 Å². The van der Waals surface area contributed by atoms with Crippen LogP contribution < -0.4 is 10.9 Å². The summed E-state index contributed by atoms with van der Waals surface area (Å²) in [5, 5.41) is 4.49. The van der Waals surface area contributed by atoms with Gasteiger partial charge in [0.2, 0.25) is 5.91 Å². The Bertz CT molecular complexity index is 1210. The minimum atomic E-state index is -0.0671. The van der Waals surface area contributed by atoms with E-state index in [-0.39, 0.29) is 17.2 Å². The van der Waals surface area contributed by atoms with E-state index in [0.717, 1.165) is 20.8 Å². The lowest BCUT2D eigenvalue weighted by Gasteiger charge is -2.17. The Morgan fingerprint density at radius 2 is 1.97 bits per heavy atom. The SMILES string of the molecule is C=CCn1c(SCC(=O)NC(C2CC2)C2CC2)nc2sc(-c3ccccc3)c(C)c2c1=O. The maximum absolute atomic E-state index is 13.4. The van der Waals surface area contributed by atoms with Crippen molar-refractivity contribution in [3.8, 4) is 10.4 Å². The zero-order valence-electron chi connectivity index (χ0n) is 18.2. The fraction of sp³-hybridized carbons (Fsp3) is 0.400. The van der Waals surface area contributed by atoms with Crippen molar-refractivity contribution in [2.45, 2.75) is 50.4 Å². The van der Waals surface area contributed by atoms with E-state index < -0.39 is 0 Å². The molecule has 2 aliphatic rings. The van der Waals surface area contributed by atoms with Gasteiger partial charge in [0.05, 0.1) is 11.1 Å². The molecule has 32 heavy (non-hydrogen) atoms. The molecule has 2 heterocycles. The fourth-order valence-corrected chi connectivity index (χ4v) is 6.40. The molecule has 0 unspecified atom stereocenters. The van der Waals surface area contributed by atoms with Gasteiger partial charge in [-0.2, -0.15) is 0 Å². The highest BCUT2D eigenvalue weighted by Gasteiger charge is 2.42. The fourth-order valence-electron chi connectivity index (χ4n) is 4.35. The summed E-state index contributed by atoms with van der Waals surface area (Å²) >= 11 is 2.88. The molecule has 1 amide bonds. The summed E-state index contributed by atoms with van der Waals surface area (Å²) in [6.07, 6.45) is 6.62. The third-order valence-corrected chi connectivity index (χ3v) is 8.49. The van der Waals surface area contributed by atoms with Crippen LogP contribution in [-0.2, 0) is 11.3 Å². The van der Waals surface area contributed by atoms with E-state index >= 15 is 0 Å². The molecule has 0 spiro atoms. The average Bonchev–Trinajstić information content (AvgIpc) is 3.71. The maximum atomic E-state index is 13.4. The summed E-state index contributed by atoms with van der Waals surface area (Å²) in [4.78, 5) is 32.7. The monoisotopic (exact) mass is 465 g/mol. The Kier molecular flexibility index (Phi) is 5.95. The topological polar surface area (TPSA) is 64.0 Å². The standard InChI is InChI=1S/C25H27N3O2S2/c1-3-13-28-24(30)20-15(2)22(18-7-5-4-6-8-18)32-23(20)27-25(28)31-14-19(29)26-21(16-9-10-16)17-11-12-17/h3-8,16-17,21H,1,9-14H2,2H3,(H,26,29). The van der Waals surface area contributed by atoms with E-state index in [1.807, 2.05) is 25.1 Å². The van der Waals surface area contributed by atoms with Gasteiger partial charge in [0, 0.05) is 17.5 Å². The van der Waals surface area contributed by atoms with E-state index in [0.29, 0.717) is 35.0 Å². The molecule has 3 aromatic rings. The van der Waals surface area contributed by atoms with Crippen LogP contribution >= 0.6 is 23.1 Å². The van der Waals surface area contributed by atoms with Gasteiger partial charge in [0.1, 0.15) is 4.83 Å². The Morgan fingerprint density at radius 3 is 2.59 bits per heavy atom. The Labute approximate surface area is 195 Å². The molecular weight excluding hydrogens is 438 g/mol. The molecule has 0 bridgehead atoms. The number of aryl methyl sites for hydroxylation is 1. The van der Waals surface area contributed by atoms with Gasteiger partial charge < -0.3 is 5.32 Å². The van der Waals surface area contributed by atoms with E-state index in [1.165, 1.54) is 48.8 Å². The number of aromatic nitrogens is 2. The number of carbonyl (C=O) groups excluding carboxylic acids is 1. The molecule has 0 saturated heterocycles. The van der Waals surface area contributed by atoms with Crippen molar-refractivity contribution in [1.29, 1.82) is 0 Å². The van der Waals surface area contributed by atoms with Crippen LogP contribution in [0.15, 0.2) is 52.9 Å². The number of hydrogen-bond acceptors (Lipinski definition) is 5. The molecule has 0 radical (unpaired) electrons. The minimum absolute atomic E-state index is 0.0330. The van der Waals surface area contributed by atoms with Gasteiger partial charge in [-0.3, -0.25) is 14.2 Å². The first-order valence-corrected chi connectivity index (χ1v) is 13.0. The number of benzene rings is 1. The van der Waals surface area contributed by atoms with Gasteiger partial charge in [0.15, 0.2) is 5.16 Å². The lowest BCUT2D eigenvalue weighted by molar-refractivity contribution is -0.119. The van der Waals surface area contributed by atoms with Gasteiger partial charge in [-0.25, -0.2) is 4.98 Å². The number of nitrogens with one attached hydrogen (secondary N) is 1.